The maximum atomic E-state index is 5.01. The van der Waals surface area contributed by atoms with E-state index in [1.54, 1.807) is 5.71 Å². The molecule has 1 nitrogen and oxygen atoms in total. The molecule has 19 heavy (non-hydrogen) atoms. The van der Waals surface area contributed by atoms with Gasteiger partial charge in [-0.15, -0.1) is 0 Å². The van der Waals surface area contributed by atoms with E-state index < -0.39 is 0 Å². The van der Waals surface area contributed by atoms with E-state index in [1.807, 2.05) is 0 Å². The lowest BCUT2D eigenvalue weighted by Crippen LogP contribution is -2.32. The molecule has 0 aromatic heterocycles. The molecule has 0 saturated heterocycles. The topological polar surface area (TPSA) is 12.4 Å². The fraction of sp³-hybridized carbons (Fsp3) is 0.944. The maximum absolute atomic E-state index is 5.01. The van der Waals surface area contributed by atoms with Crippen molar-refractivity contribution in [1.82, 2.24) is 0 Å². The van der Waals surface area contributed by atoms with Gasteiger partial charge < -0.3 is 0 Å². The molecule has 0 amide bonds. The van der Waals surface area contributed by atoms with Crippen molar-refractivity contribution in [3.63, 3.8) is 0 Å². The van der Waals surface area contributed by atoms with Gasteiger partial charge in [0.2, 0.25) is 0 Å². The van der Waals surface area contributed by atoms with E-state index in [0.717, 1.165) is 12.5 Å². The van der Waals surface area contributed by atoms with E-state index in [9.17, 15) is 0 Å². The van der Waals surface area contributed by atoms with Crippen molar-refractivity contribution < 1.29 is 0 Å². The van der Waals surface area contributed by atoms with Crippen LogP contribution in [0.25, 0.3) is 0 Å². The van der Waals surface area contributed by atoms with Gasteiger partial charge in [-0.05, 0) is 37.0 Å². The highest BCUT2D eigenvalue weighted by molar-refractivity contribution is 5.94. The second-order valence-corrected chi connectivity index (χ2v) is 7.59. The van der Waals surface area contributed by atoms with Crippen molar-refractivity contribution in [2.24, 2.45) is 21.7 Å². The van der Waals surface area contributed by atoms with Gasteiger partial charge in [-0.25, -0.2) is 0 Å². The van der Waals surface area contributed by atoms with Crippen LogP contribution in [0.3, 0.4) is 0 Å². The summed E-state index contributed by atoms with van der Waals surface area (Å²) in [5, 5.41) is 0. The third kappa shape index (κ3) is 2.76. The molecule has 0 spiro atoms. The van der Waals surface area contributed by atoms with Gasteiger partial charge in [0.05, 0.1) is 0 Å². The van der Waals surface area contributed by atoms with Crippen LogP contribution in [-0.4, -0.2) is 12.3 Å². The molecule has 2 aliphatic rings. The Labute approximate surface area is 120 Å². The van der Waals surface area contributed by atoms with Crippen LogP contribution in [0, 0.1) is 16.7 Å². The van der Waals surface area contributed by atoms with Crippen LogP contribution in [-0.2, 0) is 0 Å². The van der Waals surface area contributed by atoms with E-state index >= 15 is 0 Å². The smallest absolute Gasteiger partial charge is 0.0388 e. The van der Waals surface area contributed by atoms with Gasteiger partial charge in [0.1, 0.15) is 0 Å². The van der Waals surface area contributed by atoms with Crippen molar-refractivity contribution in [3.05, 3.63) is 0 Å². The summed E-state index contributed by atoms with van der Waals surface area (Å²) in [7, 11) is 0. The molecule has 110 valence electrons. The summed E-state index contributed by atoms with van der Waals surface area (Å²) in [6.45, 7) is 10.8. The number of nitrogens with zero attached hydrogens (tertiary/aromatic N) is 1. The largest absolute Gasteiger partial charge is 0.294 e. The molecular weight excluding hydrogens is 230 g/mol. The number of hydrogen-bond donors (Lipinski definition) is 0. The Morgan fingerprint density at radius 3 is 2.32 bits per heavy atom. The lowest BCUT2D eigenvalue weighted by atomic mass is 9.70. The Morgan fingerprint density at radius 1 is 1.05 bits per heavy atom. The average molecular weight is 263 g/mol. The van der Waals surface area contributed by atoms with Gasteiger partial charge >= 0.3 is 0 Å². The third-order valence-corrected chi connectivity index (χ3v) is 6.33. The lowest BCUT2D eigenvalue weighted by molar-refractivity contribution is 0.194. The molecule has 1 heteroatoms. The molecule has 0 aromatic carbocycles. The first-order chi connectivity index (χ1) is 9.02. The molecule has 2 rings (SSSR count). The summed E-state index contributed by atoms with van der Waals surface area (Å²) in [5.41, 5.74) is 2.47. The highest BCUT2D eigenvalue weighted by atomic mass is 14.8. The Kier molecular flexibility index (Phi) is 4.74. The molecular formula is C18H33N. The fourth-order valence-electron chi connectivity index (χ4n) is 4.27. The summed E-state index contributed by atoms with van der Waals surface area (Å²) < 4.78 is 0. The minimum atomic E-state index is 0.417. The lowest BCUT2D eigenvalue weighted by Gasteiger charge is -2.34. The zero-order valence-electron chi connectivity index (χ0n) is 13.6. The van der Waals surface area contributed by atoms with Crippen molar-refractivity contribution in [2.75, 3.05) is 6.54 Å². The van der Waals surface area contributed by atoms with Gasteiger partial charge in [-0.2, -0.15) is 0 Å². The van der Waals surface area contributed by atoms with E-state index in [-0.39, 0.29) is 0 Å². The highest BCUT2D eigenvalue weighted by Crippen LogP contribution is 2.63. The molecule has 2 aliphatic carbocycles. The van der Waals surface area contributed by atoms with E-state index in [4.69, 9.17) is 4.99 Å². The van der Waals surface area contributed by atoms with Gasteiger partial charge in [0.25, 0.3) is 0 Å². The molecule has 2 atom stereocenters. The number of hydrogen-bond acceptors (Lipinski definition) is 1. The second kappa shape index (κ2) is 5.97. The number of rotatable bonds is 7. The van der Waals surface area contributed by atoms with Crippen LogP contribution in [0.15, 0.2) is 4.99 Å². The van der Waals surface area contributed by atoms with Crippen LogP contribution in [0.2, 0.25) is 0 Å². The Bertz CT molecular complexity index is 329. The summed E-state index contributed by atoms with van der Waals surface area (Å²) in [4.78, 5) is 5.01. The number of fused-ring (bicyclic) bond motifs is 2. The summed E-state index contributed by atoms with van der Waals surface area (Å²) in [6.07, 6.45) is 12.3. The van der Waals surface area contributed by atoms with E-state index in [1.165, 1.54) is 57.8 Å². The van der Waals surface area contributed by atoms with Crippen LogP contribution < -0.4 is 0 Å². The quantitative estimate of drug-likeness (QED) is 0.527. The molecule has 2 saturated carbocycles. The minimum absolute atomic E-state index is 0.417. The van der Waals surface area contributed by atoms with Gasteiger partial charge in [0, 0.05) is 17.7 Å². The molecule has 0 N–H and O–H groups in total. The van der Waals surface area contributed by atoms with Gasteiger partial charge in [-0.3, -0.25) is 4.99 Å². The second-order valence-electron chi connectivity index (χ2n) is 7.59. The van der Waals surface area contributed by atoms with Crippen molar-refractivity contribution in [3.8, 4) is 0 Å². The molecule has 2 fully saturated rings. The summed E-state index contributed by atoms with van der Waals surface area (Å²) in [6, 6.07) is 0. The molecule has 0 aliphatic heterocycles. The molecule has 0 radical (unpaired) electrons. The molecule has 0 aromatic rings. The molecule has 2 bridgehead atoms. The third-order valence-electron chi connectivity index (χ3n) is 6.33. The van der Waals surface area contributed by atoms with Crippen molar-refractivity contribution in [2.45, 2.75) is 85.5 Å². The standard InChI is InChI=1S/C18H33N/c1-5-6-7-8-9-10-13-19-16-14-15-11-12-18(16,4)17(15,2)3/h15H,5-14H2,1-4H3/t15-,18+/m1/s1. The summed E-state index contributed by atoms with van der Waals surface area (Å²) >= 11 is 0. The van der Waals surface area contributed by atoms with Crippen LogP contribution in [0.5, 0.6) is 0 Å². The monoisotopic (exact) mass is 263 g/mol. The fourth-order valence-corrected chi connectivity index (χ4v) is 4.27. The minimum Gasteiger partial charge on any atom is -0.294 e. The Balaban J connectivity index is 1.76. The first-order valence-electron chi connectivity index (χ1n) is 8.56. The van der Waals surface area contributed by atoms with Gasteiger partial charge in [0.15, 0.2) is 0 Å². The highest BCUT2D eigenvalue weighted by Gasteiger charge is 2.59. The molecule has 0 unspecified atom stereocenters. The number of aliphatic imine (C=N–C) groups is 1. The Morgan fingerprint density at radius 2 is 1.74 bits per heavy atom. The van der Waals surface area contributed by atoms with Crippen LogP contribution in [0.4, 0.5) is 0 Å². The zero-order chi connectivity index (χ0) is 13.9. The maximum Gasteiger partial charge on any atom is 0.0388 e. The van der Waals surface area contributed by atoms with E-state index in [2.05, 4.69) is 27.7 Å². The first kappa shape index (κ1) is 15.1. The van der Waals surface area contributed by atoms with E-state index in [0.29, 0.717) is 10.8 Å². The average Bonchev–Trinajstić information content (AvgIpc) is 2.70. The SMILES string of the molecule is CCCCCCCCN=C1C[C@H]2CC[C@]1(C)C2(C)C. The predicted octanol–water partition coefficient (Wildman–Crippen LogP) is 5.63. The normalized spacial score (nSPS) is 34.3. The van der Waals surface area contributed by atoms with Crippen molar-refractivity contribution in [1.29, 1.82) is 0 Å². The zero-order valence-corrected chi connectivity index (χ0v) is 13.6. The van der Waals surface area contributed by atoms with Gasteiger partial charge in [-0.1, -0.05) is 59.8 Å². The first-order valence-corrected chi connectivity index (χ1v) is 8.56. The Hall–Kier alpha value is -0.330. The van der Waals surface area contributed by atoms with Crippen molar-refractivity contribution >= 4 is 5.71 Å². The van der Waals surface area contributed by atoms with Crippen LogP contribution in [0.1, 0.15) is 85.5 Å². The summed E-state index contributed by atoms with van der Waals surface area (Å²) in [5.74, 6) is 0.904. The number of unbranched alkanes of at least 4 members (excludes halogenated alkanes) is 5. The van der Waals surface area contributed by atoms with Crippen LogP contribution >= 0.6 is 0 Å². The predicted molar refractivity (Wildman–Crippen MR) is 84.9 cm³/mol. The molecule has 0 heterocycles.